The molecule has 0 aliphatic heterocycles. The van der Waals surface area contributed by atoms with Crippen molar-refractivity contribution in [2.45, 2.75) is 46.6 Å². The Labute approximate surface area is 98.7 Å². The summed E-state index contributed by atoms with van der Waals surface area (Å²) in [5, 5.41) is 3.48. The fraction of sp³-hybridized carbons (Fsp3) is 0.692. The molecule has 2 unspecified atom stereocenters. The molecule has 0 spiro atoms. The third-order valence-corrected chi connectivity index (χ3v) is 2.92. The van der Waals surface area contributed by atoms with Crippen molar-refractivity contribution in [3.05, 3.63) is 23.8 Å². The lowest BCUT2D eigenvalue weighted by atomic mass is 9.86. The summed E-state index contributed by atoms with van der Waals surface area (Å²) >= 11 is 0. The number of likely N-dealkylation sites (N-methyl/N-ethyl adjacent to an activating group) is 1. The Balaban J connectivity index is 2.93. The first-order valence-electron chi connectivity index (χ1n) is 6.09. The van der Waals surface area contributed by atoms with E-state index in [1.807, 2.05) is 19.2 Å². The van der Waals surface area contributed by atoms with Gasteiger partial charge < -0.3 is 5.32 Å². The highest BCUT2D eigenvalue weighted by molar-refractivity contribution is 5.11. The Hall–Kier alpha value is -0.960. The van der Waals surface area contributed by atoms with Crippen LogP contribution in [0.2, 0.25) is 0 Å². The summed E-state index contributed by atoms with van der Waals surface area (Å²) < 4.78 is 0. The Morgan fingerprint density at radius 2 is 2.00 bits per heavy atom. The van der Waals surface area contributed by atoms with Gasteiger partial charge in [-0.1, -0.05) is 20.8 Å². The van der Waals surface area contributed by atoms with Gasteiger partial charge in [0.1, 0.15) is 5.82 Å². The molecule has 0 bridgehead atoms. The standard InChI is InChI=1S/C13H23N3/c1-6-14-10(4)13(9(2)3)12-7-8-15-11(5)16-12/h7-10,13-14H,6H2,1-5H3. The predicted octanol–water partition coefficient (Wildman–Crippen LogP) is 2.52. The largest absolute Gasteiger partial charge is 0.314 e. The Kier molecular flexibility index (Phi) is 4.87. The number of aromatic nitrogens is 2. The molecule has 1 aromatic rings. The van der Waals surface area contributed by atoms with Crippen LogP contribution in [-0.4, -0.2) is 22.6 Å². The summed E-state index contributed by atoms with van der Waals surface area (Å²) in [6.07, 6.45) is 1.85. The second-order valence-corrected chi connectivity index (χ2v) is 4.64. The first-order valence-corrected chi connectivity index (χ1v) is 6.09. The molecule has 1 aromatic heterocycles. The number of rotatable bonds is 5. The molecule has 0 aliphatic carbocycles. The Morgan fingerprint density at radius 1 is 1.31 bits per heavy atom. The SMILES string of the molecule is CCNC(C)C(c1ccnc(C)n1)C(C)C. The minimum atomic E-state index is 0.444. The number of aryl methyl sites for hydroxylation is 1. The average molecular weight is 221 g/mol. The minimum absolute atomic E-state index is 0.444. The van der Waals surface area contributed by atoms with Gasteiger partial charge in [0.2, 0.25) is 0 Å². The normalized spacial score (nSPS) is 15.1. The third-order valence-electron chi connectivity index (χ3n) is 2.92. The van der Waals surface area contributed by atoms with Crippen LogP contribution >= 0.6 is 0 Å². The number of nitrogens with one attached hydrogen (secondary N) is 1. The highest BCUT2D eigenvalue weighted by Gasteiger charge is 2.23. The fourth-order valence-electron chi connectivity index (χ4n) is 2.28. The van der Waals surface area contributed by atoms with Gasteiger partial charge in [-0.25, -0.2) is 9.97 Å². The first kappa shape index (κ1) is 13.1. The van der Waals surface area contributed by atoms with Gasteiger partial charge in [0.05, 0.1) is 0 Å². The summed E-state index contributed by atoms with van der Waals surface area (Å²) in [7, 11) is 0. The molecule has 0 saturated heterocycles. The average Bonchev–Trinajstić information content (AvgIpc) is 2.17. The van der Waals surface area contributed by atoms with Gasteiger partial charge >= 0.3 is 0 Å². The molecule has 90 valence electrons. The highest BCUT2D eigenvalue weighted by atomic mass is 14.9. The van der Waals surface area contributed by atoms with E-state index in [1.54, 1.807) is 0 Å². The van der Waals surface area contributed by atoms with Crippen molar-refractivity contribution >= 4 is 0 Å². The van der Waals surface area contributed by atoms with Crippen molar-refractivity contribution in [2.24, 2.45) is 5.92 Å². The van der Waals surface area contributed by atoms with Crippen LogP contribution in [0.25, 0.3) is 0 Å². The zero-order valence-corrected chi connectivity index (χ0v) is 11.0. The van der Waals surface area contributed by atoms with E-state index in [1.165, 1.54) is 0 Å². The zero-order valence-electron chi connectivity index (χ0n) is 11.0. The maximum absolute atomic E-state index is 4.55. The van der Waals surface area contributed by atoms with E-state index in [9.17, 15) is 0 Å². The van der Waals surface area contributed by atoms with Gasteiger partial charge in [-0.15, -0.1) is 0 Å². The minimum Gasteiger partial charge on any atom is -0.314 e. The maximum atomic E-state index is 4.55. The topological polar surface area (TPSA) is 37.8 Å². The molecule has 2 atom stereocenters. The van der Waals surface area contributed by atoms with Crippen LogP contribution in [0.15, 0.2) is 12.3 Å². The van der Waals surface area contributed by atoms with Crippen molar-refractivity contribution in [1.82, 2.24) is 15.3 Å². The molecule has 0 amide bonds. The number of nitrogens with zero attached hydrogens (tertiary/aromatic N) is 2. The van der Waals surface area contributed by atoms with Gasteiger partial charge in [0.25, 0.3) is 0 Å². The molecule has 1 rings (SSSR count). The first-order chi connectivity index (χ1) is 7.56. The quantitative estimate of drug-likeness (QED) is 0.830. The molecule has 0 radical (unpaired) electrons. The van der Waals surface area contributed by atoms with Crippen LogP contribution in [0.4, 0.5) is 0 Å². The molecule has 3 heteroatoms. The molecular formula is C13H23N3. The molecule has 16 heavy (non-hydrogen) atoms. The summed E-state index contributed by atoms with van der Waals surface area (Å²) in [4.78, 5) is 8.70. The van der Waals surface area contributed by atoms with Crippen LogP contribution in [0, 0.1) is 12.8 Å². The molecule has 0 aromatic carbocycles. The van der Waals surface area contributed by atoms with Gasteiger partial charge in [0.15, 0.2) is 0 Å². The number of hydrogen-bond acceptors (Lipinski definition) is 3. The maximum Gasteiger partial charge on any atom is 0.125 e. The summed E-state index contributed by atoms with van der Waals surface area (Å²) in [5.41, 5.74) is 1.15. The highest BCUT2D eigenvalue weighted by Crippen LogP contribution is 2.26. The van der Waals surface area contributed by atoms with E-state index in [0.717, 1.165) is 18.1 Å². The Bertz CT molecular complexity index is 323. The van der Waals surface area contributed by atoms with E-state index in [0.29, 0.717) is 17.9 Å². The second-order valence-electron chi connectivity index (χ2n) is 4.64. The lowest BCUT2D eigenvalue weighted by Crippen LogP contribution is -2.35. The van der Waals surface area contributed by atoms with Crippen LogP contribution in [-0.2, 0) is 0 Å². The lowest BCUT2D eigenvalue weighted by molar-refractivity contribution is 0.375. The van der Waals surface area contributed by atoms with E-state index in [2.05, 4.69) is 43.0 Å². The van der Waals surface area contributed by atoms with E-state index >= 15 is 0 Å². The van der Waals surface area contributed by atoms with Gasteiger partial charge in [0, 0.05) is 23.9 Å². The van der Waals surface area contributed by atoms with Crippen molar-refractivity contribution in [2.75, 3.05) is 6.54 Å². The zero-order chi connectivity index (χ0) is 12.1. The molecule has 3 nitrogen and oxygen atoms in total. The van der Waals surface area contributed by atoms with E-state index in [-0.39, 0.29) is 0 Å². The number of hydrogen-bond donors (Lipinski definition) is 1. The second kappa shape index (κ2) is 5.94. The van der Waals surface area contributed by atoms with Crippen LogP contribution < -0.4 is 5.32 Å². The van der Waals surface area contributed by atoms with Gasteiger partial charge in [-0.2, -0.15) is 0 Å². The van der Waals surface area contributed by atoms with Crippen LogP contribution in [0.3, 0.4) is 0 Å². The predicted molar refractivity (Wildman–Crippen MR) is 67.5 cm³/mol. The Morgan fingerprint density at radius 3 is 2.50 bits per heavy atom. The third kappa shape index (κ3) is 3.27. The summed E-state index contributed by atoms with van der Waals surface area (Å²) in [6.45, 7) is 11.8. The van der Waals surface area contributed by atoms with Gasteiger partial charge in [-0.3, -0.25) is 0 Å². The molecule has 0 saturated carbocycles. The smallest absolute Gasteiger partial charge is 0.125 e. The molecule has 0 aliphatic rings. The van der Waals surface area contributed by atoms with Crippen molar-refractivity contribution in [3.8, 4) is 0 Å². The monoisotopic (exact) mass is 221 g/mol. The van der Waals surface area contributed by atoms with Crippen molar-refractivity contribution < 1.29 is 0 Å². The van der Waals surface area contributed by atoms with Gasteiger partial charge in [-0.05, 0) is 32.4 Å². The van der Waals surface area contributed by atoms with E-state index < -0.39 is 0 Å². The lowest BCUT2D eigenvalue weighted by Gasteiger charge is -2.27. The fourth-order valence-corrected chi connectivity index (χ4v) is 2.28. The summed E-state index contributed by atoms with van der Waals surface area (Å²) in [6, 6.07) is 2.48. The van der Waals surface area contributed by atoms with Crippen LogP contribution in [0.1, 0.15) is 45.1 Å². The molecule has 1 heterocycles. The molecule has 1 N–H and O–H groups in total. The summed E-state index contributed by atoms with van der Waals surface area (Å²) in [5.74, 6) is 1.87. The molecular weight excluding hydrogens is 198 g/mol. The van der Waals surface area contributed by atoms with E-state index in [4.69, 9.17) is 0 Å². The molecule has 0 fully saturated rings. The van der Waals surface area contributed by atoms with Crippen molar-refractivity contribution in [1.29, 1.82) is 0 Å². The van der Waals surface area contributed by atoms with Crippen molar-refractivity contribution in [3.63, 3.8) is 0 Å². The van der Waals surface area contributed by atoms with Crippen LogP contribution in [0.5, 0.6) is 0 Å².